The molecule has 0 amide bonds. The van der Waals surface area contributed by atoms with E-state index >= 15 is 0 Å². The van der Waals surface area contributed by atoms with Crippen LogP contribution in [0, 0.1) is 0 Å². The summed E-state index contributed by atoms with van der Waals surface area (Å²) in [6.07, 6.45) is 80.6. The van der Waals surface area contributed by atoms with Crippen LogP contribution in [-0.4, -0.2) is 37.2 Å². The zero-order chi connectivity index (χ0) is 53.6. The summed E-state index contributed by atoms with van der Waals surface area (Å²) in [5.41, 5.74) is 0. The molecular formula is C68H120O6. The molecule has 0 fully saturated rings. The maximum atomic E-state index is 12.9. The lowest BCUT2D eigenvalue weighted by Crippen LogP contribution is -2.30. The molecule has 0 saturated heterocycles. The zero-order valence-corrected chi connectivity index (χ0v) is 49.1. The van der Waals surface area contributed by atoms with Crippen LogP contribution in [0.25, 0.3) is 0 Å². The van der Waals surface area contributed by atoms with Crippen molar-refractivity contribution in [2.75, 3.05) is 13.2 Å². The van der Waals surface area contributed by atoms with Gasteiger partial charge in [-0.1, -0.05) is 306 Å². The second-order valence-corrected chi connectivity index (χ2v) is 21.3. The summed E-state index contributed by atoms with van der Waals surface area (Å²) in [5, 5.41) is 0. The normalized spacial score (nSPS) is 12.5. The summed E-state index contributed by atoms with van der Waals surface area (Å²) in [7, 11) is 0. The largest absolute Gasteiger partial charge is 0.462 e. The van der Waals surface area contributed by atoms with Crippen molar-refractivity contribution in [1.82, 2.24) is 0 Å². The number of esters is 3. The van der Waals surface area contributed by atoms with Crippen LogP contribution in [-0.2, 0) is 28.6 Å². The molecule has 1 atom stereocenters. The van der Waals surface area contributed by atoms with Gasteiger partial charge in [0.25, 0.3) is 0 Å². The molecule has 0 heterocycles. The van der Waals surface area contributed by atoms with Gasteiger partial charge in [0.15, 0.2) is 6.10 Å². The lowest BCUT2D eigenvalue weighted by Gasteiger charge is -2.18. The van der Waals surface area contributed by atoms with E-state index in [1.807, 2.05) is 0 Å². The highest BCUT2D eigenvalue weighted by Crippen LogP contribution is 2.17. The third kappa shape index (κ3) is 59.7. The van der Waals surface area contributed by atoms with Gasteiger partial charge in [-0.3, -0.25) is 14.4 Å². The summed E-state index contributed by atoms with van der Waals surface area (Å²) in [6.45, 7) is 6.55. The van der Waals surface area contributed by atoms with Crippen LogP contribution in [0.1, 0.15) is 323 Å². The van der Waals surface area contributed by atoms with Crippen LogP contribution < -0.4 is 0 Å². The van der Waals surface area contributed by atoms with Crippen LogP contribution in [0.2, 0.25) is 0 Å². The van der Waals surface area contributed by atoms with Gasteiger partial charge in [-0.15, -0.1) is 0 Å². The molecule has 0 aromatic carbocycles. The van der Waals surface area contributed by atoms with Gasteiger partial charge in [0, 0.05) is 19.3 Å². The molecule has 6 nitrogen and oxygen atoms in total. The predicted octanol–water partition coefficient (Wildman–Crippen LogP) is 21.7. The van der Waals surface area contributed by atoms with E-state index in [0.29, 0.717) is 19.3 Å². The quantitative estimate of drug-likeness (QED) is 0.0261. The first-order valence-electron chi connectivity index (χ1n) is 31.9. The minimum Gasteiger partial charge on any atom is -0.462 e. The van der Waals surface area contributed by atoms with Gasteiger partial charge >= 0.3 is 17.9 Å². The Bertz CT molecular complexity index is 1370. The number of hydrogen-bond acceptors (Lipinski definition) is 6. The molecule has 0 aliphatic carbocycles. The molecule has 0 rings (SSSR count). The summed E-state index contributed by atoms with van der Waals surface area (Å²) >= 11 is 0. The van der Waals surface area contributed by atoms with Gasteiger partial charge in [-0.05, 0) is 70.6 Å². The van der Waals surface area contributed by atoms with Crippen molar-refractivity contribution in [2.45, 2.75) is 329 Å². The molecule has 0 radical (unpaired) electrons. The molecule has 0 saturated carbocycles. The van der Waals surface area contributed by atoms with E-state index in [4.69, 9.17) is 14.2 Å². The van der Waals surface area contributed by atoms with Gasteiger partial charge in [0.1, 0.15) is 13.2 Å². The number of carbonyl (C=O) groups excluding carboxylic acids is 3. The number of ether oxygens (including phenoxy) is 3. The summed E-state index contributed by atoms with van der Waals surface area (Å²) in [5.74, 6) is -0.856. The monoisotopic (exact) mass is 1030 g/mol. The van der Waals surface area contributed by atoms with Crippen molar-refractivity contribution in [3.05, 3.63) is 72.9 Å². The van der Waals surface area contributed by atoms with Crippen molar-refractivity contribution in [1.29, 1.82) is 0 Å². The Morgan fingerprint density at radius 1 is 0.284 bits per heavy atom. The highest BCUT2D eigenvalue weighted by molar-refractivity contribution is 5.71. The minimum absolute atomic E-state index is 0.0697. The molecule has 74 heavy (non-hydrogen) atoms. The fourth-order valence-electron chi connectivity index (χ4n) is 9.21. The van der Waals surface area contributed by atoms with E-state index in [9.17, 15) is 14.4 Å². The average molecular weight is 1030 g/mol. The number of hydrogen-bond donors (Lipinski definition) is 0. The maximum absolute atomic E-state index is 12.9. The van der Waals surface area contributed by atoms with E-state index in [0.717, 1.165) is 96.3 Å². The molecule has 0 aliphatic rings. The second kappa shape index (κ2) is 62.4. The van der Waals surface area contributed by atoms with Gasteiger partial charge < -0.3 is 14.2 Å². The molecule has 1 unspecified atom stereocenters. The Morgan fingerprint density at radius 3 is 0.824 bits per heavy atom. The zero-order valence-electron chi connectivity index (χ0n) is 49.1. The molecule has 0 aromatic rings. The summed E-state index contributed by atoms with van der Waals surface area (Å²) in [6, 6.07) is 0. The SMILES string of the molecule is CC/C=C\C/C=C\C/C=C\C/C=C\C/C=C\C/C=C\CCCCCCCCCCCCCCC(=O)OCC(COC(=O)CCCCCCCCCCCCC)OC(=O)CCCCCCCCCCCCCCCC. The third-order valence-electron chi connectivity index (χ3n) is 14.0. The van der Waals surface area contributed by atoms with Crippen LogP contribution in [0.15, 0.2) is 72.9 Å². The van der Waals surface area contributed by atoms with E-state index in [1.165, 1.54) is 186 Å². The highest BCUT2D eigenvalue weighted by Gasteiger charge is 2.19. The van der Waals surface area contributed by atoms with E-state index in [2.05, 4.69) is 93.7 Å². The topological polar surface area (TPSA) is 78.9 Å². The molecule has 0 aliphatic heterocycles. The molecule has 0 aromatic heterocycles. The summed E-state index contributed by atoms with van der Waals surface area (Å²) < 4.78 is 16.9. The number of allylic oxidation sites excluding steroid dienone is 12. The molecular weight excluding hydrogens is 913 g/mol. The van der Waals surface area contributed by atoms with Gasteiger partial charge in [0.2, 0.25) is 0 Å². The maximum Gasteiger partial charge on any atom is 0.306 e. The lowest BCUT2D eigenvalue weighted by atomic mass is 10.0. The second-order valence-electron chi connectivity index (χ2n) is 21.3. The first kappa shape index (κ1) is 70.8. The summed E-state index contributed by atoms with van der Waals surface area (Å²) in [4.78, 5) is 38.2. The Labute approximate surface area is 459 Å². The standard InChI is InChI=1S/C68H120O6/c1-4-7-10-13-16-19-22-24-26-27-28-29-30-31-32-33-34-35-36-37-38-39-40-41-42-44-46-49-52-55-58-61-67(70)73-64-65(63-72-66(69)60-57-54-51-48-45-21-18-15-12-9-6-3)74-68(71)62-59-56-53-50-47-43-25-23-20-17-14-11-8-5-2/h7,10,16,19,24,26,28-29,31-32,34-35,65H,4-6,8-9,11-15,17-18,20-23,25,27,30,33,36-64H2,1-3H3/b10-7-,19-16-,26-24-,29-28-,32-31-,35-34-. The smallest absolute Gasteiger partial charge is 0.306 e. The number of rotatable bonds is 58. The van der Waals surface area contributed by atoms with Crippen LogP contribution in [0.5, 0.6) is 0 Å². The van der Waals surface area contributed by atoms with Crippen molar-refractivity contribution in [3.63, 3.8) is 0 Å². The van der Waals surface area contributed by atoms with Crippen molar-refractivity contribution in [2.24, 2.45) is 0 Å². The average Bonchev–Trinajstić information content (AvgIpc) is 3.40. The number of unbranched alkanes of at least 4 members (excludes halogenated alkanes) is 35. The Kier molecular flexibility index (Phi) is 59.7. The third-order valence-corrected chi connectivity index (χ3v) is 14.0. The molecule has 0 spiro atoms. The van der Waals surface area contributed by atoms with Crippen LogP contribution in [0.3, 0.4) is 0 Å². The van der Waals surface area contributed by atoms with E-state index in [1.54, 1.807) is 0 Å². The van der Waals surface area contributed by atoms with Crippen LogP contribution in [0.4, 0.5) is 0 Å². The predicted molar refractivity (Wildman–Crippen MR) is 321 cm³/mol. The molecule has 6 heteroatoms. The Morgan fingerprint density at radius 2 is 0.527 bits per heavy atom. The molecule has 0 N–H and O–H groups in total. The highest BCUT2D eigenvalue weighted by atomic mass is 16.6. The van der Waals surface area contributed by atoms with E-state index < -0.39 is 6.10 Å². The van der Waals surface area contributed by atoms with Crippen LogP contribution >= 0.6 is 0 Å². The fourth-order valence-corrected chi connectivity index (χ4v) is 9.21. The van der Waals surface area contributed by atoms with E-state index in [-0.39, 0.29) is 31.1 Å². The minimum atomic E-state index is -0.771. The fraction of sp³-hybridized carbons (Fsp3) is 0.779. The first-order chi connectivity index (χ1) is 36.5. The first-order valence-corrected chi connectivity index (χ1v) is 31.9. The van der Waals surface area contributed by atoms with Crippen molar-refractivity contribution in [3.8, 4) is 0 Å². The van der Waals surface area contributed by atoms with Gasteiger partial charge in [-0.2, -0.15) is 0 Å². The molecule has 428 valence electrons. The van der Waals surface area contributed by atoms with Gasteiger partial charge in [-0.25, -0.2) is 0 Å². The lowest BCUT2D eigenvalue weighted by molar-refractivity contribution is -0.167. The van der Waals surface area contributed by atoms with Crippen molar-refractivity contribution < 1.29 is 28.6 Å². The van der Waals surface area contributed by atoms with Gasteiger partial charge in [0.05, 0.1) is 0 Å². The Balaban J connectivity index is 4.15. The Hall–Kier alpha value is -3.15. The molecule has 0 bridgehead atoms. The van der Waals surface area contributed by atoms with Crippen molar-refractivity contribution >= 4 is 17.9 Å². The number of carbonyl (C=O) groups is 3.